The third kappa shape index (κ3) is 3.36. The molecule has 6 nitrogen and oxygen atoms in total. The van der Waals surface area contributed by atoms with Crippen molar-refractivity contribution in [3.8, 4) is 0 Å². The Morgan fingerprint density at radius 3 is 3.11 bits per heavy atom. The minimum absolute atomic E-state index is 0.0802. The Bertz CT molecular complexity index is 517. The Hall–Kier alpha value is -1.34. The summed E-state index contributed by atoms with van der Waals surface area (Å²) in [6.07, 6.45) is 2.82. The highest BCUT2D eigenvalue weighted by Crippen LogP contribution is 2.14. The van der Waals surface area contributed by atoms with Crippen molar-refractivity contribution in [2.75, 3.05) is 26.5 Å². The van der Waals surface area contributed by atoms with Gasteiger partial charge in [0.15, 0.2) is 0 Å². The van der Waals surface area contributed by atoms with Crippen molar-refractivity contribution in [3.05, 3.63) is 27.9 Å². The van der Waals surface area contributed by atoms with E-state index in [0.717, 1.165) is 6.42 Å². The average molecular weight is 283 g/mol. The van der Waals surface area contributed by atoms with Gasteiger partial charge in [-0.2, -0.15) is 11.8 Å². The second-order valence-electron chi connectivity index (χ2n) is 4.41. The molecule has 104 valence electrons. The zero-order valence-electron chi connectivity index (χ0n) is 11.0. The summed E-state index contributed by atoms with van der Waals surface area (Å²) in [5, 5.41) is 0. The number of H-pyrrole nitrogens is 1. The number of likely N-dealkylation sites (tertiary alicyclic amines) is 1. The quantitative estimate of drug-likeness (QED) is 0.870. The lowest BCUT2D eigenvalue weighted by Crippen LogP contribution is -2.32. The molecule has 2 rings (SSSR count). The predicted octanol–water partition coefficient (Wildman–Crippen LogP) is 0.494. The van der Waals surface area contributed by atoms with Crippen LogP contribution in [0.4, 0.5) is 0 Å². The minimum atomic E-state index is -0.287. The molecule has 0 aromatic carbocycles. The molecule has 1 saturated heterocycles. The highest BCUT2D eigenvalue weighted by molar-refractivity contribution is 7.97. The molecule has 1 aliphatic rings. The molecule has 0 spiro atoms. The standard InChI is InChI=1S/C12H17N3O3S/c1-18-8-3-4-15(6-8)12(17)9-5-11(16)14-10(13-9)7-19-2/h5,8H,3-4,6-7H2,1-2H3,(H,13,14,16). The van der Waals surface area contributed by atoms with E-state index >= 15 is 0 Å². The SMILES string of the molecule is COC1CCN(C(=O)c2cc(=O)[nH]c(CSC)n2)C1. The molecule has 0 radical (unpaired) electrons. The number of carbonyl (C=O) groups is 1. The smallest absolute Gasteiger partial charge is 0.272 e. The number of nitrogens with zero attached hydrogens (tertiary/aromatic N) is 2. The number of aromatic amines is 1. The maximum Gasteiger partial charge on any atom is 0.272 e. The van der Waals surface area contributed by atoms with E-state index in [-0.39, 0.29) is 23.3 Å². The molecule has 1 amide bonds. The van der Waals surface area contributed by atoms with E-state index in [2.05, 4.69) is 9.97 Å². The van der Waals surface area contributed by atoms with Crippen molar-refractivity contribution in [3.63, 3.8) is 0 Å². The summed E-state index contributed by atoms with van der Waals surface area (Å²) in [5.41, 5.74) is -0.0746. The molecule has 1 unspecified atom stereocenters. The Morgan fingerprint density at radius 1 is 1.68 bits per heavy atom. The van der Waals surface area contributed by atoms with Crippen LogP contribution in [0.25, 0.3) is 0 Å². The lowest BCUT2D eigenvalue weighted by atomic mass is 10.3. The van der Waals surface area contributed by atoms with Crippen molar-refractivity contribution >= 4 is 17.7 Å². The fourth-order valence-corrected chi connectivity index (χ4v) is 2.50. The molecule has 1 aliphatic heterocycles. The molecule has 1 aromatic rings. The number of nitrogens with one attached hydrogen (secondary N) is 1. The first kappa shape index (κ1) is 14.1. The Kier molecular flexibility index (Phi) is 4.60. The minimum Gasteiger partial charge on any atom is -0.380 e. The van der Waals surface area contributed by atoms with Crippen LogP contribution in [0.5, 0.6) is 0 Å². The van der Waals surface area contributed by atoms with Gasteiger partial charge in [-0.1, -0.05) is 0 Å². The zero-order valence-corrected chi connectivity index (χ0v) is 11.8. The summed E-state index contributed by atoms with van der Waals surface area (Å²) in [6.45, 7) is 1.20. The Morgan fingerprint density at radius 2 is 2.47 bits per heavy atom. The Balaban J connectivity index is 2.17. The molecule has 1 atom stereocenters. The summed E-state index contributed by atoms with van der Waals surface area (Å²) in [5.74, 6) is 0.913. The number of hydrogen-bond donors (Lipinski definition) is 1. The molecule has 2 heterocycles. The van der Waals surface area contributed by atoms with Crippen LogP contribution in [0.15, 0.2) is 10.9 Å². The van der Waals surface area contributed by atoms with Gasteiger partial charge in [-0.05, 0) is 12.7 Å². The van der Waals surface area contributed by atoms with E-state index < -0.39 is 0 Å². The molecule has 7 heteroatoms. The normalized spacial score (nSPS) is 18.8. The van der Waals surface area contributed by atoms with E-state index in [1.54, 1.807) is 23.8 Å². The second-order valence-corrected chi connectivity index (χ2v) is 5.27. The van der Waals surface area contributed by atoms with Gasteiger partial charge in [0.1, 0.15) is 11.5 Å². The molecule has 0 bridgehead atoms. The van der Waals surface area contributed by atoms with Crippen molar-refractivity contribution < 1.29 is 9.53 Å². The van der Waals surface area contributed by atoms with Gasteiger partial charge >= 0.3 is 0 Å². The number of rotatable bonds is 4. The van der Waals surface area contributed by atoms with Gasteiger partial charge in [-0.25, -0.2) is 4.98 Å². The maximum atomic E-state index is 12.3. The number of amides is 1. The average Bonchev–Trinajstić information content (AvgIpc) is 2.86. The van der Waals surface area contributed by atoms with E-state index in [1.165, 1.54) is 6.07 Å². The van der Waals surface area contributed by atoms with Crippen LogP contribution in [0.3, 0.4) is 0 Å². The lowest BCUT2D eigenvalue weighted by Gasteiger charge is -2.15. The zero-order chi connectivity index (χ0) is 13.8. The van der Waals surface area contributed by atoms with Crippen molar-refractivity contribution in [1.29, 1.82) is 0 Å². The fraction of sp³-hybridized carbons (Fsp3) is 0.583. The number of aromatic nitrogens is 2. The van der Waals surface area contributed by atoms with E-state index in [0.29, 0.717) is 24.7 Å². The molecule has 1 aromatic heterocycles. The highest BCUT2D eigenvalue weighted by Gasteiger charge is 2.27. The molecule has 1 fully saturated rings. The Labute approximate surface area is 115 Å². The second kappa shape index (κ2) is 6.21. The monoisotopic (exact) mass is 283 g/mol. The van der Waals surface area contributed by atoms with E-state index in [4.69, 9.17) is 4.74 Å². The van der Waals surface area contributed by atoms with Gasteiger partial charge in [0.2, 0.25) is 0 Å². The molecule has 1 N–H and O–H groups in total. The van der Waals surface area contributed by atoms with Crippen molar-refractivity contribution in [2.45, 2.75) is 18.3 Å². The van der Waals surface area contributed by atoms with Gasteiger partial charge in [0.05, 0.1) is 11.9 Å². The number of methoxy groups -OCH3 is 1. The first-order chi connectivity index (χ1) is 9.13. The van der Waals surface area contributed by atoms with Gasteiger partial charge < -0.3 is 14.6 Å². The largest absolute Gasteiger partial charge is 0.380 e. The summed E-state index contributed by atoms with van der Waals surface area (Å²) in [6, 6.07) is 1.26. The van der Waals surface area contributed by atoms with Crippen LogP contribution in [0, 0.1) is 0 Å². The van der Waals surface area contributed by atoms with Gasteiger partial charge in [-0.3, -0.25) is 9.59 Å². The van der Waals surface area contributed by atoms with Crippen molar-refractivity contribution in [2.24, 2.45) is 0 Å². The summed E-state index contributed by atoms with van der Waals surface area (Å²) in [7, 11) is 1.64. The van der Waals surface area contributed by atoms with Crippen LogP contribution < -0.4 is 5.56 Å². The summed E-state index contributed by atoms with van der Waals surface area (Å²) >= 11 is 1.54. The van der Waals surface area contributed by atoms with Crippen LogP contribution in [-0.4, -0.2) is 53.3 Å². The number of ether oxygens (including phenoxy) is 1. The molecular formula is C12H17N3O3S. The van der Waals surface area contributed by atoms with E-state index in [9.17, 15) is 9.59 Å². The lowest BCUT2D eigenvalue weighted by molar-refractivity contribution is 0.0718. The topological polar surface area (TPSA) is 75.3 Å². The third-order valence-electron chi connectivity index (χ3n) is 3.06. The van der Waals surface area contributed by atoms with Crippen LogP contribution in [0.2, 0.25) is 0 Å². The first-order valence-corrected chi connectivity index (χ1v) is 7.44. The number of carbonyl (C=O) groups excluding carboxylic acids is 1. The van der Waals surface area contributed by atoms with Crippen LogP contribution in [0.1, 0.15) is 22.7 Å². The molecule has 0 saturated carbocycles. The summed E-state index contributed by atoms with van der Waals surface area (Å²) in [4.78, 5) is 32.3. The highest BCUT2D eigenvalue weighted by atomic mass is 32.2. The molecular weight excluding hydrogens is 266 g/mol. The van der Waals surface area contributed by atoms with Crippen LogP contribution >= 0.6 is 11.8 Å². The van der Waals surface area contributed by atoms with Crippen molar-refractivity contribution in [1.82, 2.24) is 14.9 Å². The van der Waals surface area contributed by atoms with E-state index in [1.807, 2.05) is 6.26 Å². The predicted molar refractivity (Wildman–Crippen MR) is 73.4 cm³/mol. The van der Waals surface area contributed by atoms with Gasteiger partial charge in [0, 0.05) is 26.3 Å². The molecule has 19 heavy (non-hydrogen) atoms. The number of hydrogen-bond acceptors (Lipinski definition) is 5. The van der Waals surface area contributed by atoms with Crippen LogP contribution in [-0.2, 0) is 10.5 Å². The third-order valence-corrected chi connectivity index (χ3v) is 3.62. The van der Waals surface area contributed by atoms with Gasteiger partial charge in [-0.15, -0.1) is 0 Å². The summed E-state index contributed by atoms with van der Waals surface area (Å²) < 4.78 is 5.23. The van der Waals surface area contributed by atoms with Gasteiger partial charge in [0.25, 0.3) is 11.5 Å². The number of thioether (sulfide) groups is 1. The fourth-order valence-electron chi connectivity index (χ4n) is 2.09. The first-order valence-electron chi connectivity index (χ1n) is 6.05. The molecule has 0 aliphatic carbocycles. The maximum absolute atomic E-state index is 12.3.